The van der Waals surface area contributed by atoms with E-state index in [-0.39, 0.29) is 0 Å². The van der Waals surface area contributed by atoms with E-state index in [0.717, 1.165) is 17.8 Å². The number of rotatable bonds is 6. The highest BCUT2D eigenvalue weighted by Gasteiger charge is 2.18. The zero-order valence-corrected chi connectivity index (χ0v) is 12.1. The molecule has 0 aromatic carbocycles. The smallest absolute Gasteiger partial charge is 0.0383 e. The third-order valence-electron chi connectivity index (χ3n) is 3.32. The minimum atomic E-state index is 0.505. The summed E-state index contributed by atoms with van der Waals surface area (Å²) in [5.41, 5.74) is 0.505. The molecule has 0 aliphatic heterocycles. The van der Waals surface area contributed by atoms with Gasteiger partial charge in [0.25, 0.3) is 0 Å². The van der Waals surface area contributed by atoms with Crippen LogP contribution < -0.4 is 0 Å². The molecule has 0 N–H and O–H groups in total. The van der Waals surface area contributed by atoms with Crippen LogP contribution in [0, 0.1) is 23.2 Å². The van der Waals surface area contributed by atoms with Crippen LogP contribution in [0.3, 0.4) is 0 Å². The molecule has 0 spiro atoms. The zero-order valence-electron chi connectivity index (χ0n) is 12.1. The Labute approximate surface area is 97.8 Å². The summed E-state index contributed by atoms with van der Waals surface area (Å²) >= 11 is 0. The Morgan fingerprint density at radius 1 is 0.800 bits per heavy atom. The van der Waals surface area contributed by atoms with Crippen molar-refractivity contribution in [3.8, 4) is 0 Å². The Morgan fingerprint density at radius 3 is 1.67 bits per heavy atom. The molecule has 0 aliphatic carbocycles. The number of hydrogen-bond donors (Lipinski definition) is 0. The van der Waals surface area contributed by atoms with E-state index in [2.05, 4.69) is 48.5 Å². The van der Waals surface area contributed by atoms with E-state index in [9.17, 15) is 0 Å². The van der Waals surface area contributed by atoms with Gasteiger partial charge >= 0.3 is 0 Å². The fourth-order valence-corrected chi connectivity index (χ4v) is 1.98. The van der Waals surface area contributed by atoms with Crippen LogP contribution in [0.15, 0.2) is 0 Å². The Hall–Kier alpha value is 0. The Kier molecular flexibility index (Phi) is 6.55. The van der Waals surface area contributed by atoms with Gasteiger partial charge in [-0.05, 0) is 42.4 Å². The molecule has 0 saturated carbocycles. The molecule has 0 nitrogen and oxygen atoms in total. The van der Waals surface area contributed by atoms with E-state index in [1.54, 1.807) is 0 Å². The van der Waals surface area contributed by atoms with Gasteiger partial charge in [-0.25, -0.2) is 0 Å². The molecule has 0 radical (unpaired) electrons. The van der Waals surface area contributed by atoms with Crippen LogP contribution in [-0.4, -0.2) is 0 Å². The van der Waals surface area contributed by atoms with Crippen molar-refractivity contribution in [2.24, 2.45) is 23.2 Å². The summed E-state index contributed by atoms with van der Waals surface area (Å²) in [7, 11) is 0. The van der Waals surface area contributed by atoms with E-state index in [1.807, 2.05) is 0 Å². The van der Waals surface area contributed by atoms with Crippen LogP contribution in [-0.2, 0) is 0 Å². The topological polar surface area (TPSA) is 0 Å². The zero-order chi connectivity index (χ0) is 12.1. The maximum Gasteiger partial charge on any atom is -0.0383 e. The van der Waals surface area contributed by atoms with Crippen LogP contribution in [0.5, 0.6) is 0 Å². The van der Waals surface area contributed by atoms with Gasteiger partial charge in [0.2, 0.25) is 0 Å². The van der Waals surface area contributed by atoms with E-state index >= 15 is 0 Å². The molecule has 1 atom stereocenters. The second-order valence-electron chi connectivity index (χ2n) is 7.07. The predicted octanol–water partition coefficient (Wildman–Crippen LogP) is 5.52. The molecule has 0 amide bonds. The summed E-state index contributed by atoms with van der Waals surface area (Å²) in [6.45, 7) is 16.5. The highest BCUT2D eigenvalue weighted by Crippen LogP contribution is 2.30. The van der Waals surface area contributed by atoms with Crippen LogP contribution >= 0.6 is 0 Å². The second-order valence-corrected chi connectivity index (χ2v) is 7.07. The van der Waals surface area contributed by atoms with Gasteiger partial charge in [0.1, 0.15) is 0 Å². The average Bonchev–Trinajstić information content (AvgIpc) is 2.00. The molecule has 0 aromatic rings. The fraction of sp³-hybridized carbons (Fsp3) is 1.00. The Morgan fingerprint density at radius 2 is 1.33 bits per heavy atom. The minimum Gasteiger partial charge on any atom is -0.0628 e. The summed E-state index contributed by atoms with van der Waals surface area (Å²) in [4.78, 5) is 0. The van der Waals surface area contributed by atoms with E-state index in [4.69, 9.17) is 0 Å². The molecule has 0 aromatic heterocycles. The van der Waals surface area contributed by atoms with E-state index in [1.165, 1.54) is 25.7 Å². The first-order valence-corrected chi connectivity index (χ1v) is 6.72. The molecular formula is C15H32. The van der Waals surface area contributed by atoms with Gasteiger partial charge in [-0.15, -0.1) is 0 Å². The lowest BCUT2D eigenvalue weighted by molar-refractivity contribution is 0.256. The average molecular weight is 212 g/mol. The molecule has 0 rings (SSSR count). The molecular weight excluding hydrogens is 180 g/mol. The van der Waals surface area contributed by atoms with Crippen LogP contribution in [0.4, 0.5) is 0 Å². The molecule has 0 heteroatoms. The summed E-state index contributed by atoms with van der Waals surface area (Å²) < 4.78 is 0. The standard InChI is InChI=1S/C15H32/c1-12(2)8-9-14(13(3)4)10-11-15(5,6)7/h12-14H,8-11H2,1-7H3. The summed E-state index contributed by atoms with van der Waals surface area (Å²) in [6.07, 6.45) is 5.60. The summed E-state index contributed by atoms with van der Waals surface area (Å²) in [5.74, 6) is 2.65. The van der Waals surface area contributed by atoms with Crippen LogP contribution in [0.2, 0.25) is 0 Å². The third kappa shape index (κ3) is 8.96. The van der Waals surface area contributed by atoms with Crippen LogP contribution in [0.25, 0.3) is 0 Å². The SMILES string of the molecule is CC(C)CCC(CCC(C)(C)C)C(C)C. The predicted molar refractivity (Wildman–Crippen MR) is 71.1 cm³/mol. The van der Waals surface area contributed by atoms with Gasteiger partial charge in [-0.2, -0.15) is 0 Å². The lowest BCUT2D eigenvalue weighted by Crippen LogP contribution is -2.14. The highest BCUT2D eigenvalue weighted by atomic mass is 14.2. The Balaban J connectivity index is 3.95. The summed E-state index contributed by atoms with van der Waals surface area (Å²) in [5, 5.41) is 0. The van der Waals surface area contributed by atoms with Gasteiger partial charge in [-0.1, -0.05) is 54.9 Å². The lowest BCUT2D eigenvalue weighted by atomic mass is 9.80. The molecule has 92 valence electrons. The third-order valence-corrected chi connectivity index (χ3v) is 3.32. The molecule has 0 fully saturated rings. The normalized spacial score (nSPS) is 15.0. The highest BCUT2D eigenvalue weighted by molar-refractivity contribution is 4.69. The molecule has 0 aliphatic rings. The monoisotopic (exact) mass is 212 g/mol. The Bertz CT molecular complexity index is 148. The van der Waals surface area contributed by atoms with Crippen molar-refractivity contribution in [3.05, 3.63) is 0 Å². The lowest BCUT2D eigenvalue weighted by Gasteiger charge is -2.26. The van der Waals surface area contributed by atoms with Crippen molar-refractivity contribution in [3.63, 3.8) is 0 Å². The number of hydrogen-bond acceptors (Lipinski definition) is 0. The van der Waals surface area contributed by atoms with Crippen molar-refractivity contribution in [2.45, 2.75) is 74.1 Å². The van der Waals surface area contributed by atoms with Crippen molar-refractivity contribution in [2.75, 3.05) is 0 Å². The van der Waals surface area contributed by atoms with Gasteiger partial charge in [0.05, 0.1) is 0 Å². The fourth-order valence-electron chi connectivity index (χ4n) is 1.98. The molecule has 0 bridgehead atoms. The van der Waals surface area contributed by atoms with E-state index in [0.29, 0.717) is 5.41 Å². The van der Waals surface area contributed by atoms with Crippen molar-refractivity contribution >= 4 is 0 Å². The molecule has 0 heterocycles. The second kappa shape index (κ2) is 6.55. The maximum atomic E-state index is 2.38. The molecule has 1 unspecified atom stereocenters. The van der Waals surface area contributed by atoms with Gasteiger partial charge in [0.15, 0.2) is 0 Å². The largest absolute Gasteiger partial charge is 0.0628 e. The summed E-state index contributed by atoms with van der Waals surface area (Å²) in [6, 6.07) is 0. The first-order valence-electron chi connectivity index (χ1n) is 6.72. The minimum absolute atomic E-state index is 0.505. The van der Waals surface area contributed by atoms with Gasteiger partial charge in [0, 0.05) is 0 Å². The first kappa shape index (κ1) is 15.0. The van der Waals surface area contributed by atoms with Gasteiger partial charge in [-0.3, -0.25) is 0 Å². The van der Waals surface area contributed by atoms with E-state index < -0.39 is 0 Å². The molecule has 15 heavy (non-hydrogen) atoms. The maximum absolute atomic E-state index is 2.38. The van der Waals surface area contributed by atoms with Gasteiger partial charge < -0.3 is 0 Å². The first-order chi connectivity index (χ1) is 6.72. The van der Waals surface area contributed by atoms with Crippen molar-refractivity contribution in [1.29, 1.82) is 0 Å². The van der Waals surface area contributed by atoms with Crippen molar-refractivity contribution in [1.82, 2.24) is 0 Å². The van der Waals surface area contributed by atoms with Crippen LogP contribution in [0.1, 0.15) is 74.1 Å². The molecule has 0 saturated heterocycles. The quantitative estimate of drug-likeness (QED) is 0.543. The van der Waals surface area contributed by atoms with Crippen molar-refractivity contribution < 1.29 is 0 Å².